The summed E-state index contributed by atoms with van der Waals surface area (Å²) in [6, 6.07) is 22.5. The first-order valence-electron chi connectivity index (χ1n) is 9.55. The Morgan fingerprint density at radius 3 is 2.16 bits per heavy atom. The van der Waals surface area contributed by atoms with Gasteiger partial charge in [0.2, 0.25) is 6.10 Å². The van der Waals surface area contributed by atoms with E-state index in [0.29, 0.717) is 28.5 Å². The van der Waals surface area contributed by atoms with Crippen molar-refractivity contribution in [3.63, 3.8) is 0 Å². The predicted octanol–water partition coefficient (Wildman–Crippen LogP) is 4.01. The summed E-state index contributed by atoms with van der Waals surface area (Å²) in [4.78, 5) is 25.3. The van der Waals surface area contributed by atoms with Crippen LogP contribution in [0.25, 0.3) is 0 Å². The van der Waals surface area contributed by atoms with Gasteiger partial charge in [-0.3, -0.25) is 4.79 Å². The lowest BCUT2D eigenvalue weighted by Gasteiger charge is -2.18. The first kappa shape index (κ1) is 21.7. The molecule has 0 fully saturated rings. The Kier molecular flexibility index (Phi) is 7.48. The van der Waals surface area contributed by atoms with Gasteiger partial charge in [0, 0.05) is 17.3 Å². The lowest BCUT2D eigenvalue weighted by molar-refractivity contribution is -0.156. The molecule has 7 heteroatoms. The Hall–Kier alpha value is -4.00. The molecule has 7 nitrogen and oxygen atoms in total. The molecule has 3 rings (SSSR count). The van der Waals surface area contributed by atoms with Crippen LogP contribution in [0, 0.1) is 0 Å². The third-order valence-corrected chi connectivity index (χ3v) is 4.34. The molecule has 3 aromatic carbocycles. The fourth-order valence-electron chi connectivity index (χ4n) is 2.79. The molecule has 0 radical (unpaired) electrons. The lowest BCUT2D eigenvalue weighted by Crippen LogP contribution is -2.28. The van der Waals surface area contributed by atoms with Gasteiger partial charge in [-0.1, -0.05) is 36.4 Å². The van der Waals surface area contributed by atoms with Crippen LogP contribution in [-0.4, -0.2) is 32.7 Å². The van der Waals surface area contributed by atoms with Crippen molar-refractivity contribution in [2.24, 2.45) is 0 Å². The highest BCUT2D eigenvalue weighted by atomic mass is 16.6. The molecule has 1 atom stereocenters. The summed E-state index contributed by atoms with van der Waals surface area (Å²) in [7, 11) is 3.10. The molecule has 0 aliphatic carbocycles. The number of hydrogen-bond donors (Lipinski definition) is 1. The van der Waals surface area contributed by atoms with Gasteiger partial charge in [0.25, 0.3) is 5.91 Å². The van der Waals surface area contributed by atoms with Crippen LogP contribution in [0.4, 0.5) is 5.69 Å². The monoisotopic (exact) mass is 421 g/mol. The van der Waals surface area contributed by atoms with Crippen molar-refractivity contribution in [2.45, 2.75) is 6.10 Å². The molecule has 0 heterocycles. The van der Waals surface area contributed by atoms with Crippen LogP contribution in [-0.2, 0) is 14.3 Å². The van der Waals surface area contributed by atoms with Gasteiger partial charge < -0.3 is 24.3 Å². The summed E-state index contributed by atoms with van der Waals surface area (Å²) in [6.45, 7) is -0.345. The van der Waals surface area contributed by atoms with E-state index in [4.69, 9.17) is 18.9 Å². The number of hydrogen-bond acceptors (Lipinski definition) is 6. The summed E-state index contributed by atoms with van der Waals surface area (Å²) < 4.78 is 21.2. The second kappa shape index (κ2) is 10.7. The minimum absolute atomic E-state index is 0.345. The Morgan fingerprint density at radius 2 is 1.48 bits per heavy atom. The molecule has 0 aromatic heterocycles. The van der Waals surface area contributed by atoms with Gasteiger partial charge in [-0.2, -0.15) is 0 Å². The highest BCUT2D eigenvalue weighted by Gasteiger charge is 2.25. The minimum atomic E-state index is -1.14. The zero-order valence-electron chi connectivity index (χ0n) is 17.2. The Balaban J connectivity index is 1.68. The minimum Gasteiger partial charge on any atom is -0.497 e. The number of rotatable bonds is 9. The summed E-state index contributed by atoms with van der Waals surface area (Å²) in [6.07, 6.45) is -1.14. The Morgan fingerprint density at radius 1 is 0.806 bits per heavy atom. The number of methoxy groups -OCH3 is 2. The van der Waals surface area contributed by atoms with Crippen LogP contribution in [0.1, 0.15) is 11.7 Å². The highest BCUT2D eigenvalue weighted by molar-refractivity contribution is 5.96. The summed E-state index contributed by atoms with van der Waals surface area (Å²) >= 11 is 0. The molecule has 3 aromatic rings. The maximum absolute atomic E-state index is 12.9. The fourth-order valence-corrected chi connectivity index (χ4v) is 2.79. The smallest absolute Gasteiger partial charge is 0.345 e. The average molecular weight is 421 g/mol. The fraction of sp³-hybridized carbons (Fsp3) is 0.167. The standard InChI is InChI=1S/C24H23NO6/c1-28-19-11-13-20(14-12-19)30-16-22(26)31-23(17-7-4-3-5-8-17)24(27)25-18-9-6-10-21(15-18)29-2/h3-15,23H,16H2,1-2H3,(H,25,27)/t23-/m0/s1. The number of ether oxygens (including phenoxy) is 4. The van der Waals surface area contributed by atoms with Crippen LogP contribution in [0.5, 0.6) is 17.2 Å². The molecule has 160 valence electrons. The third kappa shape index (κ3) is 6.24. The molecule has 0 saturated carbocycles. The molecule has 31 heavy (non-hydrogen) atoms. The van der Waals surface area contributed by atoms with Gasteiger partial charge in [-0.05, 0) is 36.4 Å². The Labute approximate surface area is 180 Å². The number of benzene rings is 3. The molecular weight excluding hydrogens is 398 g/mol. The van der Waals surface area contributed by atoms with E-state index in [9.17, 15) is 9.59 Å². The number of anilines is 1. The van der Waals surface area contributed by atoms with Crippen molar-refractivity contribution in [3.8, 4) is 17.2 Å². The number of amides is 1. The second-order valence-electron chi connectivity index (χ2n) is 6.47. The van der Waals surface area contributed by atoms with E-state index in [1.165, 1.54) is 7.11 Å². The van der Waals surface area contributed by atoms with E-state index >= 15 is 0 Å². The number of carbonyl (C=O) groups excluding carboxylic acids is 2. The van der Waals surface area contributed by atoms with Crippen LogP contribution in [0.15, 0.2) is 78.9 Å². The summed E-state index contributed by atoms with van der Waals surface area (Å²) in [5.74, 6) is 0.588. The van der Waals surface area contributed by atoms with Crippen LogP contribution in [0.2, 0.25) is 0 Å². The quantitative estimate of drug-likeness (QED) is 0.526. The molecule has 0 bridgehead atoms. The largest absolute Gasteiger partial charge is 0.497 e. The molecule has 0 aliphatic rings. The van der Waals surface area contributed by atoms with E-state index in [1.54, 1.807) is 79.9 Å². The van der Waals surface area contributed by atoms with Gasteiger partial charge in [0.05, 0.1) is 14.2 Å². The SMILES string of the molecule is COc1ccc(OCC(=O)O[C@H](C(=O)Nc2cccc(OC)c2)c2ccccc2)cc1. The molecule has 1 amide bonds. The van der Waals surface area contributed by atoms with E-state index in [1.807, 2.05) is 6.07 Å². The maximum Gasteiger partial charge on any atom is 0.345 e. The predicted molar refractivity (Wildman–Crippen MR) is 115 cm³/mol. The van der Waals surface area contributed by atoms with E-state index in [-0.39, 0.29) is 6.61 Å². The second-order valence-corrected chi connectivity index (χ2v) is 6.47. The maximum atomic E-state index is 12.9. The van der Waals surface area contributed by atoms with Crippen LogP contribution >= 0.6 is 0 Å². The highest BCUT2D eigenvalue weighted by Crippen LogP contribution is 2.23. The molecule has 0 unspecified atom stereocenters. The third-order valence-electron chi connectivity index (χ3n) is 4.34. The van der Waals surface area contributed by atoms with Gasteiger partial charge in [0.1, 0.15) is 17.2 Å². The van der Waals surface area contributed by atoms with Crippen molar-refractivity contribution < 1.29 is 28.5 Å². The van der Waals surface area contributed by atoms with Gasteiger partial charge in [0.15, 0.2) is 6.61 Å². The van der Waals surface area contributed by atoms with Gasteiger partial charge >= 0.3 is 5.97 Å². The van der Waals surface area contributed by atoms with Crippen molar-refractivity contribution in [3.05, 3.63) is 84.4 Å². The van der Waals surface area contributed by atoms with Crippen molar-refractivity contribution in [1.29, 1.82) is 0 Å². The molecule has 0 spiro atoms. The normalized spacial score (nSPS) is 11.2. The van der Waals surface area contributed by atoms with E-state index in [2.05, 4.69) is 5.32 Å². The molecule has 0 saturated heterocycles. The van der Waals surface area contributed by atoms with E-state index in [0.717, 1.165) is 0 Å². The topological polar surface area (TPSA) is 83.1 Å². The average Bonchev–Trinajstić information content (AvgIpc) is 2.82. The van der Waals surface area contributed by atoms with Crippen molar-refractivity contribution >= 4 is 17.6 Å². The van der Waals surface area contributed by atoms with Crippen LogP contribution in [0.3, 0.4) is 0 Å². The number of nitrogens with one attached hydrogen (secondary N) is 1. The zero-order valence-corrected chi connectivity index (χ0v) is 17.2. The summed E-state index contributed by atoms with van der Waals surface area (Å²) in [5, 5.41) is 2.76. The first-order chi connectivity index (χ1) is 15.1. The van der Waals surface area contributed by atoms with Crippen LogP contribution < -0.4 is 19.5 Å². The van der Waals surface area contributed by atoms with Crippen molar-refractivity contribution in [1.82, 2.24) is 0 Å². The first-order valence-corrected chi connectivity index (χ1v) is 9.55. The number of esters is 1. The number of carbonyl (C=O) groups is 2. The summed E-state index contributed by atoms with van der Waals surface area (Å²) in [5.41, 5.74) is 1.07. The van der Waals surface area contributed by atoms with Gasteiger partial charge in [-0.25, -0.2) is 4.79 Å². The Bertz CT molecular complexity index is 1000. The van der Waals surface area contributed by atoms with Gasteiger partial charge in [-0.15, -0.1) is 0 Å². The molecule has 0 aliphatic heterocycles. The zero-order chi connectivity index (χ0) is 22.1. The van der Waals surface area contributed by atoms with E-state index < -0.39 is 18.0 Å². The van der Waals surface area contributed by atoms with Crippen molar-refractivity contribution in [2.75, 3.05) is 26.1 Å². The molecular formula is C24H23NO6. The molecule has 1 N–H and O–H groups in total. The lowest BCUT2D eigenvalue weighted by atomic mass is 10.1.